The molecule has 3 saturated heterocycles. The first-order valence-corrected chi connectivity index (χ1v) is 17.8. The fourth-order valence-electron chi connectivity index (χ4n) is 10.9. The molecule has 1 atom stereocenters. The third kappa shape index (κ3) is 7.05. The molecule has 44 heavy (non-hydrogen) atoms. The van der Waals surface area contributed by atoms with Gasteiger partial charge in [-0.25, -0.2) is 0 Å². The highest BCUT2D eigenvalue weighted by molar-refractivity contribution is 5.78. The molecular formula is C37H67N3O4-2. The summed E-state index contributed by atoms with van der Waals surface area (Å²) in [6.45, 7) is 27.4. The molecule has 0 aromatic carbocycles. The summed E-state index contributed by atoms with van der Waals surface area (Å²) < 4.78 is 0. The minimum absolute atomic E-state index is 0.0743. The number of likely N-dealkylation sites (tertiary alicyclic amines) is 3. The summed E-state index contributed by atoms with van der Waals surface area (Å²) in [5.41, 5.74) is -3.32. The van der Waals surface area contributed by atoms with E-state index in [4.69, 9.17) is 0 Å². The van der Waals surface area contributed by atoms with E-state index in [0.717, 1.165) is 77.0 Å². The average Bonchev–Trinajstić information content (AvgIpc) is 2.80. The maximum Gasteiger partial charge on any atom is 0.132 e. The molecule has 0 aliphatic carbocycles. The van der Waals surface area contributed by atoms with Crippen LogP contribution in [0.15, 0.2) is 0 Å². The third-order valence-electron chi connectivity index (χ3n) is 11.8. The van der Waals surface area contributed by atoms with Crippen molar-refractivity contribution in [2.24, 2.45) is 0 Å². The third-order valence-corrected chi connectivity index (χ3v) is 11.8. The van der Waals surface area contributed by atoms with Crippen molar-refractivity contribution in [1.29, 1.82) is 0 Å². The van der Waals surface area contributed by atoms with Crippen LogP contribution in [-0.2, 0) is 9.59 Å². The minimum atomic E-state index is -1.41. The standard InChI is InChI=1S/C37H69N3O4/c1-31(2)22-17-23-32(3,4)38(31)28(20-15-13-14-16-21-29(41)42)37(30(43)44,39-33(5,6)24-18-25-34(39,7)8)40-35(9,10)26-19-27-36(40,11)12/h28H,13-27H2,1-12H3,(H,41,42)(H,43,44)/p-2. The quantitative estimate of drug-likeness (QED) is 0.247. The number of carbonyl (C=O) groups excluding carboxylic acids is 2. The Kier molecular flexibility index (Phi) is 10.8. The number of aliphatic carboxylic acids is 2. The molecule has 7 heteroatoms. The molecule has 3 fully saturated rings. The van der Waals surface area contributed by atoms with Crippen molar-refractivity contribution in [2.45, 2.75) is 224 Å². The molecule has 3 heterocycles. The van der Waals surface area contributed by atoms with Crippen molar-refractivity contribution >= 4 is 11.9 Å². The van der Waals surface area contributed by atoms with Gasteiger partial charge in [0.15, 0.2) is 0 Å². The molecule has 3 rings (SSSR count). The van der Waals surface area contributed by atoms with E-state index in [0.29, 0.717) is 12.8 Å². The maximum absolute atomic E-state index is 14.8. The Morgan fingerprint density at radius 1 is 0.568 bits per heavy atom. The van der Waals surface area contributed by atoms with Crippen molar-refractivity contribution in [1.82, 2.24) is 14.7 Å². The van der Waals surface area contributed by atoms with Gasteiger partial charge in [0.05, 0.1) is 5.97 Å². The lowest BCUT2D eigenvalue weighted by Crippen LogP contribution is -2.89. The van der Waals surface area contributed by atoms with Crippen LogP contribution >= 0.6 is 0 Å². The first kappa shape index (κ1) is 37.3. The first-order chi connectivity index (χ1) is 20.0. The lowest BCUT2D eigenvalue weighted by atomic mass is 9.67. The van der Waals surface area contributed by atoms with Crippen molar-refractivity contribution in [2.75, 3.05) is 0 Å². The predicted molar refractivity (Wildman–Crippen MR) is 176 cm³/mol. The van der Waals surface area contributed by atoms with Gasteiger partial charge >= 0.3 is 0 Å². The Morgan fingerprint density at radius 2 is 0.909 bits per heavy atom. The topological polar surface area (TPSA) is 90.0 Å². The summed E-state index contributed by atoms with van der Waals surface area (Å²) in [6, 6.07) is -0.341. The van der Waals surface area contributed by atoms with Crippen molar-refractivity contribution in [3.05, 3.63) is 0 Å². The van der Waals surface area contributed by atoms with E-state index in [2.05, 4.69) is 97.8 Å². The highest BCUT2D eigenvalue weighted by Gasteiger charge is 2.67. The van der Waals surface area contributed by atoms with Crippen molar-refractivity contribution in [3.63, 3.8) is 0 Å². The van der Waals surface area contributed by atoms with Crippen LogP contribution in [0.3, 0.4) is 0 Å². The number of rotatable bonds is 12. The lowest BCUT2D eigenvalue weighted by molar-refractivity contribution is -0.360. The van der Waals surface area contributed by atoms with Gasteiger partial charge in [0.1, 0.15) is 5.66 Å². The molecule has 0 amide bonds. The Labute approximate surface area is 270 Å². The number of hydrogen-bond donors (Lipinski definition) is 0. The summed E-state index contributed by atoms with van der Waals surface area (Å²) in [5, 5.41) is 25.9. The largest absolute Gasteiger partial charge is 0.550 e. The number of carboxylic acids is 2. The molecule has 7 nitrogen and oxygen atoms in total. The van der Waals surface area contributed by atoms with Crippen LogP contribution in [-0.4, -0.2) is 71.6 Å². The van der Waals surface area contributed by atoms with E-state index < -0.39 is 17.6 Å². The lowest BCUT2D eigenvalue weighted by Gasteiger charge is -2.74. The van der Waals surface area contributed by atoms with E-state index in [-0.39, 0.29) is 45.7 Å². The van der Waals surface area contributed by atoms with Crippen LogP contribution < -0.4 is 10.2 Å². The average molecular weight is 618 g/mol. The summed E-state index contributed by atoms with van der Waals surface area (Å²) in [6.07, 6.45) is 12.9. The molecule has 3 aliphatic rings. The van der Waals surface area contributed by atoms with Gasteiger partial charge in [0.2, 0.25) is 0 Å². The fourth-order valence-corrected chi connectivity index (χ4v) is 10.9. The van der Waals surface area contributed by atoms with Gasteiger partial charge in [-0.3, -0.25) is 14.7 Å². The van der Waals surface area contributed by atoms with Crippen molar-refractivity contribution in [3.8, 4) is 0 Å². The molecule has 0 radical (unpaired) electrons. The summed E-state index contributed by atoms with van der Waals surface area (Å²) in [5.74, 6) is -1.97. The maximum atomic E-state index is 14.8. The van der Waals surface area contributed by atoms with Gasteiger partial charge in [-0.15, -0.1) is 0 Å². The van der Waals surface area contributed by atoms with Crippen LogP contribution in [0.2, 0.25) is 0 Å². The van der Waals surface area contributed by atoms with E-state index in [1.165, 1.54) is 0 Å². The zero-order valence-electron chi connectivity index (χ0n) is 30.7. The molecule has 1 unspecified atom stereocenters. The van der Waals surface area contributed by atoms with E-state index in [9.17, 15) is 19.8 Å². The van der Waals surface area contributed by atoms with Crippen LogP contribution in [0.1, 0.15) is 179 Å². The normalized spacial score (nSPS) is 27.5. The van der Waals surface area contributed by atoms with E-state index >= 15 is 0 Å². The Hall–Kier alpha value is -1.18. The number of piperidine rings is 3. The van der Waals surface area contributed by atoms with Crippen LogP contribution in [0.5, 0.6) is 0 Å². The highest BCUT2D eigenvalue weighted by Crippen LogP contribution is 2.56. The van der Waals surface area contributed by atoms with E-state index in [1.807, 2.05) is 0 Å². The highest BCUT2D eigenvalue weighted by atomic mass is 16.4. The number of nitrogens with zero attached hydrogens (tertiary/aromatic N) is 3. The molecule has 0 N–H and O–H groups in total. The van der Waals surface area contributed by atoms with Crippen LogP contribution in [0.25, 0.3) is 0 Å². The molecular weight excluding hydrogens is 550 g/mol. The van der Waals surface area contributed by atoms with Gasteiger partial charge in [-0.05, 0) is 160 Å². The predicted octanol–water partition coefficient (Wildman–Crippen LogP) is 6.02. The second kappa shape index (κ2) is 12.8. The van der Waals surface area contributed by atoms with Gasteiger partial charge in [0, 0.05) is 45.2 Å². The zero-order valence-corrected chi connectivity index (χ0v) is 30.7. The zero-order chi connectivity index (χ0) is 33.6. The molecule has 0 bridgehead atoms. The summed E-state index contributed by atoms with van der Waals surface area (Å²) in [7, 11) is 0. The molecule has 0 aromatic rings. The van der Waals surface area contributed by atoms with Gasteiger partial charge in [-0.2, -0.15) is 0 Å². The number of carboxylic acid groups (broad SMARTS) is 2. The molecule has 3 aliphatic heterocycles. The monoisotopic (exact) mass is 618 g/mol. The van der Waals surface area contributed by atoms with Gasteiger partial charge < -0.3 is 19.8 Å². The van der Waals surface area contributed by atoms with Crippen molar-refractivity contribution < 1.29 is 19.8 Å². The van der Waals surface area contributed by atoms with Crippen LogP contribution in [0, 0.1) is 0 Å². The number of carbonyl (C=O) groups is 2. The molecule has 256 valence electrons. The Bertz CT molecular complexity index is 942. The molecule has 0 saturated carbocycles. The van der Waals surface area contributed by atoms with Crippen LogP contribution in [0.4, 0.5) is 0 Å². The van der Waals surface area contributed by atoms with Gasteiger partial charge in [0.25, 0.3) is 0 Å². The van der Waals surface area contributed by atoms with Gasteiger partial charge in [-0.1, -0.05) is 19.3 Å². The Balaban J connectivity index is 2.40. The molecule has 0 spiro atoms. The second-order valence-corrected chi connectivity index (χ2v) is 18.3. The minimum Gasteiger partial charge on any atom is -0.550 e. The summed E-state index contributed by atoms with van der Waals surface area (Å²) in [4.78, 5) is 33.4. The van der Waals surface area contributed by atoms with E-state index in [1.54, 1.807) is 0 Å². The summed E-state index contributed by atoms with van der Waals surface area (Å²) >= 11 is 0. The smallest absolute Gasteiger partial charge is 0.132 e. The Morgan fingerprint density at radius 3 is 1.25 bits per heavy atom. The first-order valence-electron chi connectivity index (χ1n) is 17.8. The fraction of sp³-hybridized carbons (Fsp3) is 0.946. The molecule has 0 aromatic heterocycles. The SMILES string of the molecule is CC1(C)CCCC(C)(C)N1C(CCCCCCC(=O)[O-])C(C(=O)[O-])(N1C(C)(C)CCCC1(C)C)N1C(C)(C)CCCC1(C)C. The number of unbranched alkanes of at least 4 members (excludes halogenated alkanes) is 3. The second-order valence-electron chi connectivity index (χ2n) is 18.3. The number of hydrogen-bond acceptors (Lipinski definition) is 7.